The van der Waals surface area contributed by atoms with Crippen LogP contribution in [0.1, 0.15) is 43.0 Å². The summed E-state index contributed by atoms with van der Waals surface area (Å²) in [5.74, 6) is 0.211. The van der Waals surface area contributed by atoms with E-state index in [0.29, 0.717) is 11.6 Å². The molecule has 0 spiro atoms. The fourth-order valence-corrected chi connectivity index (χ4v) is 2.79. The lowest BCUT2D eigenvalue weighted by molar-refractivity contribution is -0.117. The molecule has 0 aromatic heterocycles. The zero-order chi connectivity index (χ0) is 15.5. The van der Waals surface area contributed by atoms with Gasteiger partial charge in [0.15, 0.2) is 0 Å². The maximum absolute atomic E-state index is 12.3. The van der Waals surface area contributed by atoms with Crippen LogP contribution in [0.4, 0.5) is 5.69 Å². The van der Waals surface area contributed by atoms with Gasteiger partial charge < -0.3 is 16.0 Å². The van der Waals surface area contributed by atoms with Crippen molar-refractivity contribution in [2.45, 2.75) is 44.7 Å². The predicted octanol–water partition coefficient (Wildman–Crippen LogP) is 2.33. The summed E-state index contributed by atoms with van der Waals surface area (Å²) in [7, 11) is 0. The molecule has 2 atom stereocenters. The van der Waals surface area contributed by atoms with E-state index in [-0.39, 0.29) is 36.2 Å². The van der Waals surface area contributed by atoms with Crippen molar-refractivity contribution in [1.29, 1.82) is 0 Å². The highest BCUT2D eigenvalue weighted by Crippen LogP contribution is 2.30. The summed E-state index contributed by atoms with van der Waals surface area (Å²) in [6.07, 6.45) is 4.07. The molecule has 23 heavy (non-hydrogen) atoms. The van der Waals surface area contributed by atoms with E-state index in [4.69, 9.17) is 0 Å². The largest absolute Gasteiger partial charge is 0.348 e. The Hall–Kier alpha value is -1.59. The van der Waals surface area contributed by atoms with Gasteiger partial charge in [0.1, 0.15) is 0 Å². The Bertz CT molecular complexity index is 557. The molecular weight excluding hydrogens is 314 g/mol. The van der Waals surface area contributed by atoms with Crippen molar-refractivity contribution in [3.8, 4) is 0 Å². The van der Waals surface area contributed by atoms with E-state index in [1.54, 1.807) is 24.3 Å². The number of piperidine rings is 1. The number of benzene rings is 1. The van der Waals surface area contributed by atoms with E-state index in [0.717, 1.165) is 37.9 Å². The third-order valence-electron chi connectivity index (χ3n) is 4.44. The van der Waals surface area contributed by atoms with E-state index < -0.39 is 0 Å². The Morgan fingerprint density at radius 2 is 1.83 bits per heavy atom. The van der Waals surface area contributed by atoms with Crippen LogP contribution in [0, 0.1) is 5.92 Å². The van der Waals surface area contributed by atoms with Gasteiger partial charge in [0.2, 0.25) is 5.91 Å². The minimum Gasteiger partial charge on any atom is -0.348 e. The molecule has 1 saturated carbocycles. The van der Waals surface area contributed by atoms with Gasteiger partial charge in [0.05, 0.1) is 0 Å². The molecule has 126 valence electrons. The summed E-state index contributed by atoms with van der Waals surface area (Å²) in [6, 6.07) is 7.58. The summed E-state index contributed by atoms with van der Waals surface area (Å²) in [6.45, 7) is 3.11. The number of anilines is 1. The summed E-state index contributed by atoms with van der Waals surface area (Å²) in [5, 5.41) is 9.34. The third-order valence-corrected chi connectivity index (χ3v) is 4.44. The highest BCUT2D eigenvalue weighted by molar-refractivity contribution is 5.96. The van der Waals surface area contributed by atoms with Crippen molar-refractivity contribution in [3.05, 3.63) is 29.8 Å². The second kappa shape index (κ2) is 7.79. The molecule has 2 unspecified atom stereocenters. The Kier molecular flexibility index (Phi) is 6.02. The molecule has 1 heterocycles. The third kappa shape index (κ3) is 4.69. The molecule has 5 nitrogen and oxygen atoms in total. The molecule has 0 radical (unpaired) electrons. The van der Waals surface area contributed by atoms with Crippen molar-refractivity contribution in [2.75, 3.05) is 11.9 Å². The summed E-state index contributed by atoms with van der Waals surface area (Å²) in [4.78, 5) is 24.0. The summed E-state index contributed by atoms with van der Waals surface area (Å²) < 4.78 is 0. The number of halogens is 1. The number of hydrogen-bond donors (Lipinski definition) is 3. The SMILES string of the molecule is CC1NCCCC1NC(=O)c1ccc(NC(=O)C2CC2)cc1.Cl. The number of rotatable bonds is 4. The van der Waals surface area contributed by atoms with Crippen LogP contribution < -0.4 is 16.0 Å². The molecule has 0 bridgehead atoms. The monoisotopic (exact) mass is 337 g/mol. The Morgan fingerprint density at radius 1 is 1.13 bits per heavy atom. The summed E-state index contributed by atoms with van der Waals surface area (Å²) >= 11 is 0. The second-order valence-electron chi connectivity index (χ2n) is 6.31. The van der Waals surface area contributed by atoms with Crippen molar-refractivity contribution >= 4 is 29.9 Å². The van der Waals surface area contributed by atoms with Crippen LogP contribution in [-0.2, 0) is 4.79 Å². The minimum atomic E-state index is -0.0550. The van der Waals surface area contributed by atoms with Crippen LogP contribution in [-0.4, -0.2) is 30.4 Å². The van der Waals surface area contributed by atoms with Gasteiger partial charge in [-0.3, -0.25) is 9.59 Å². The zero-order valence-electron chi connectivity index (χ0n) is 13.3. The molecule has 2 amide bonds. The molecule has 1 aliphatic carbocycles. The Labute approximate surface area is 143 Å². The molecule has 6 heteroatoms. The van der Waals surface area contributed by atoms with Crippen molar-refractivity contribution in [3.63, 3.8) is 0 Å². The highest BCUT2D eigenvalue weighted by Gasteiger charge is 2.29. The molecular formula is C17H24ClN3O2. The average molecular weight is 338 g/mol. The number of hydrogen-bond acceptors (Lipinski definition) is 3. The number of nitrogens with one attached hydrogen (secondary N) is 3. The van der Waals surface area contributed by atoms with Gasteiger partial charge in [-0.2, -0.15) is 0 Å². The molecule has 1 aliphatic heterocycles. The fourth-order valence-electron chi connectivity index (χ4n) is 2.79. The Morgan fingerprint density at radius 3 is 2.43 bits per heavy atom. The van der Waals surface area contributed by atoms with Crippen molar-refractivity contribution in [1.82, 2.24) is 10.6 Å². The normalized spacial score (nSPS) is 23.5. The zero-order valence-corrected chi connectivity index (χ0v) is 14.1. The molecule has 1 aromatic carbocycles. The van der Waals surface area contributed by atoms with Gasteiger partial charge in [0, 0.05) is 29.3 Å². The average Bonchev–Trinajstić information content (AvgIpc) is 3.35. The van der Waals surface area contributed by atoms with E-state index in [1.165, 1.54) is 0 Å². The van der Waals surface area contributed by atoms with E-state index >= 15 is 0 Å². The first-order chi connectivity index (χ1) is 10.6. The summed E-state index contributed by atoms with van der Waals surface area (Å²) in [5.41, 5.74) is 1.38. The lowest BCUT2D eigenvalue weighted by Gasteiger charge is -2.30. The predicted molar refractivity (Wildman–Crippen MR) is 93.0 cm³/mol. The van der Waals surface area contributed by atoms with Crippen LogP contribution >= 0.6 is 12.4 Å². The van der Waals surface area contributed by atoms with Crippen LogP contribution in [0.15, 0.2) is 24.3 Å². The van der Waals surface area contributed by atoms with Crippen LogP contribution in [0.3, 0.4) is 0 Å². The van der Waals surface area contributed by atoms with Gasteiger partial charge in [-0.15, -0.1) is 12.4 Å². The molecule has 1 saturated heterocycles. The topological polar surface area (TPSA) is 70.2 Å². The lowest BCUT2D eigenvalue weighted by Crippen LogP contribution is -2.51. The standard InChI is InChI=1S/C17H23N3O2.ClH/c1-11-15(3-2-10-18-11)20-17(22)13-6-8-14(9-7-13)19-16(21)12-4-5-12;/h6-9,11-12,15,18H,2-5,10H2,1H3,(H,19,21)(H,20,22);1H. The lowest BCUT2D eigenvalue weighted by atomic mass is 9.99. The van der Waals surface area contributed by atoms with E-state index in [9.17, 15) is 9.59 Å². The Balaban J connectivity index is 0.00000192. The van der Waals surface area contributed by atoms with Gasteiger partial charge >= 0.3 is 0 Å². The molecule has 3 N–H and O–H groups in total. The molecule has 1 aromatic rings. The van der Waals surface area contributed by atoms with Crippen LogP contribution in [0.25, 0.3) is 0 Å². The first kappa shape index (κ1) is 17.8. The van der Waals surface area contributed by atoms with Gasteiger partial charge in [-0.1, -0.05) is 0 Å². The highest BCUT2D eigenvalue weighted by atomic mass is 35.5. The maximum atomic E-state index is 12.3. The second-order valence-corrected chi connectivity index (χ2v) is 6.31. The van der Waals surface area contributed by atoms with Gasteiger partial charge in [-0.25, -0.2) is 0 Å². The van der Waals surface area contributed by atoms with Crippen molar-refractivity contribution < 1.29 is 9.59 Å². The first-order valence-electron chi connectivity index (χ1n) is 8.08. The minimum absolute atomic E-state index is 0. The van der Waals surface area contributed by atoms with E-state index in [2.05, 4.69) is 22.9 Å². The van der Waals surface area contributed by atoms with Crippen molar-refractivity contribution in [2.24, 2.45) is 5.92 Å². The van der Waals surface area contributed by atoms with Crippen LogP contribution in [0.5, 0.6) is 0 Å². The molecule has 2 aliphatic rings. The van der Waals surface area contributed by atoms with E-state index in [1.807, 2.05) is 0 Å². The first-order valence-corrected chi connectivity index (χ1v) is 8.08. The molecule has 3 rings (SSSR count). The number of carbonyl (C=O) groups excluding carboxylic acids is 2. The van der Waals surface area contributed by atoms with Crippen LogP contribution in [0.2, 0.25) is 0 Å². The maximum Gasteiger partial charge on any atom is 0.251 e. The van der Waals surface area contributed by atoms with Gasteiger partial charge in [-0.05, 0) is 63.4 Å². The van der Waals surface area contributed by atoms with Gasteiger partial charge in [0.25, 0.3) is 5.91 Å². The molecule has 2 fully saturated rings. The quantitative estimate of drug-likeness (QED) is 0.789. The fraction of sp³-hybridized carbons (Fsp3) is 0.529. The number of amides is 2. The smallest absolute Gasteiger partial charge is 0.251 e. The number of carbonyl (C=O) groups is 2.